The van der Waals surface area contributed by atoms with Gasteiger partial charge >= 0.3 is 11.3 Å². The van der Waals surface area contributed by atoms with Crippen LogP contribution in [0.4, 0.5) is 0 Å². The van der Waals surface area contributed by atoms with E-state index in [0.717, 1.165) is 25.7 Å². The zero-order valence-electron chi connectivity index (χ0n) is 12.0. The molecule has 2 heterocycles. The van der Waals surface area contributed by atoms with Gasteiger partial charge in [0.25, 0.3) is 5.56 Å². The third kappa shape index (κ3) is 2.70. The molecule has 0 aliphatic heterocycles. The van der Waals surface area contributed by atoms with Gasteiger partial charge in [-0.1, -0.05) is 13.3 Å². The largest absolute Gasteiger partial charge is 0.405 e. The Balaban J connectivity index is 2.27. The highest BCUT2D eigenvalue weighted by molar-refractivity contribution is 5.75. The Bertz CT molecular complexity index is 839. The van der Waals surface area contributed by atoms with Crippen molar-refractivity contribution in [1.82, 2.24) is 9.55 Å². The lowest BCUT2D eigenvalue weighted by Crippen LogP contribution is -2.32. The Morgan fingerprint density at radius 1 is 1.33 bits per heavy atom. The molecular weight excluding hydrogens is 272 g/mol. The highest BCUT2D eigenvalue weighted by Crippen LogP contribution is 2.30. The molecule has 2 aromatic heterocycles. The number of nitrogens with one attached hydrogen (secondary N) is 1. The maximum atomic E-state index is 12.1. The molecule has 112 valence electrons. The number of rotatable bonds is 5. The van der Waals surface area contributed by atoms with Crippen molar-refractivity contribution in [2.24, 2.45) is 5.92 Å². The first-order chi connectivity index (χ1) is 10.1. The third-order valence-electron chi connectivity index (χ3n) is 3.90. The average Bonchev–Trinajstić information content (AvgIpc) is 3.24. The number of hydrogen-bond acceptors (Lipinski definition) is 4. The fourth-order valence-electron chi connectivity index (χ4n) is 2.57. The second-order valence-corrected chi connectivity index (χ2v) is 5.69. The maximum Gasteiger partial charge on any atom is 0.337 e. The van der Waals surface area contributed by atoms with Gasteiger partial charge in [0.15, 0.2) is 0 Å². The van der Waals surface area contributed by atoms with Gasteiger partial charge in [0.1, 0.15) is 5.39 Å². The monoisotopic (exact) mass is 290 g/mol. The smallest absolute Gasteiger partial charge is 0.337 e. The van der Waals surface area contributed by atoms with Gasteiger partial charge in [-0.15, -0.1) is 0 Å². The normalized spacial score (nSPS) is 14.7. The van der Waals surface area contributed by atoms with Crippen LogP contribution in [-0.4, -0.2) is 9.55 Å². The maximum absolute atomic E-state index is 12.1. The Labute approximate surface area is 120 Å². The molecule has 2 aromatic rings. The third-order valence-corrected chi connectivity index (χ3v) is 3.90. The molecule has 0 bridgehead atoms. The molecule has 0 atom stereocenters. The van der Waals surface area contributed by atoms with Crippen LogP contribution in [0.1, 0.15) is 38.2 Å². The molecule has 0 aromatic carbocycles. The van der Waals surface area contributed by atoms with E-state index in [9.17, 15) is 14.4 Å². The number of H-pyrrole nitrogens is 1. The van der Waals surface area contributed by atoms with Gasteiger partial charge in [0.05, 0.1) is 0 Å². The SMILES string of the molecule is CCCCc1cc(=O)oc2c1c(=O)[nH]c(=O)n2CC1CC1. The summed E-state index contributed by atoms with van der Waals surface area (Å²) in [5, 5.41) is 0.336. The molecule has 0 unspecified atom stereocenters. The van der Waals surface area contributed by atoms with Crippen LogP contribution in [0.15, 0.2) is 24.9 Å². The van der Waals surface area contributed by atoms with Gasteiger partial charge in [0, 0.05) is 12.6 Å². The molecule has 1 saturated carbocycles. The Kier molecular flexibility index (Phi) is 3.53. The molecule has 1 fully saturated rings. The lowest BCUT2D eigenvalue weighted by molar-refractivity contribution is 0.491. The minimum absolute atomic E-state index is 0.120. The zero-order valence-corrected chi connectivity index (χ0v) is 12.0. The fourth-order valence-corrected chi connectivity index (χ4v) is 2.57. The molecule has 6 nitrogen and oxygen atoms in total. The molecule has 0 radical (unpaired) electrons. The van der Waals surface area contributed by atoms with Gasteiger partial charge in [0.2, 0.25) is 5.71 Å². The minimum atomic E-state index is -0.511. The van der Waals surface area contributed by atoms with Crippen LogP contribution < -0.4 is 16.9 Å². The molecule has 0 amide bonds. The molecule has 3 rings (SSSR count). The van der Waals surface area contributed by atoms with Crippen LogP contribution in [-0.2, 0) is 13.0 Å². The number of unbranched alkanes of at least 4 members (excludes halogenated alkanes) is 1. The molecule has 1 aliphatic rings. The summed E-state index contributed by atoms with van der Waals surface area (Å²) in [6.07, 6.45) is 4.59. The predicted molar refractivity (Wildman–Crippen MR) is 78.7 cm³/mol. The number of aromatic amines is 1. The molecule has 1 aliphatic carbocycles. The summed E-state index contributed by atoms with van der Waals surface area (Å²) in [5.41, 5.74) is -0.710. The number of fused-ring (bicyclic) bond motifs is 1. The lowest BCUT2D eigenvalue weighted by atomic mass is 10.1. The van der Waals surface area contributed by atoms with Crippen molar-refractivity contribution in [3.8, 4) is 0 Å². The first-order valence-corrected chi connectivity index (χ1v) is 7.40. The van der Waals surface area contributed by atoms with E-state index in [1.807, 2.05) is 6.92 Å². The van der Waals surface area contributed by atoms with Gasteiger partial charge in [-0.05, 0) is 37.2 Å². The lowest BCUT2D eigenvalue weighted by Gasteiger charge is -2.09. The van der Waals surface area contributed by atoms with Crippen LogP contribution >= 0.6 is 0 Å². The van der Waals surface area contributed by atoms with E-state index in [4.69, 9.17) is 4.42 Å². The highest BCUT2D eigenvalue weighted by atomic mass is 16.4. The molecule has 21 heavy (non-hydrogen) atoms. The zero-order chi connectivity index (χ0) is 15.0. The van der Waals surface area contributed by atoms with Gasteiger partial charge in [-0.2, -0.15) is 0 Å². The van der Waals surface area contributed by atoms with Crippen LogP contribution in [0, 0.1) is 5.92 Å². The summed E-state index contributed by atoms with van der Waals surface area (Å²) in [5.74, 6) is 0.432. The number of aryl methyl sites for hydroxylation is 1. The number of aromatic nitrogens is 2. The van der Waals surface area contributed by atoms with E-state index in [1.165, 1.54) is 10.6 Å². The van der Waals surface area contributed by atoms with Crippen LogP contribution in [0.25, 0.3) is 11.1 Å². The summed E-state index contributed by atoms with van der Waals surface area (Å²) in [7, 11) is 0. The summed E-state index contributed by atoms with van der Waals surface area (Å²) in [6, 6.07) is 1.36. The van der Waals surface area contributed by atoms with Crippen molar-refractivity contribution < 1.29 is 4.42 Å². The van der Waals surface area contributed by atoms with Crippen molar-refractivity contribution in [2.45, 2.75) is 45.6 Å². The van der Waals surface area contributed by atoms with Gasteiger partial charge in [-0.3, -0.25) is 14.3 Å². The first kappa shape index (κ1) is 13.9. The summed E-state index contributed by atoms with van der Waals surface area (Å²) in [4.78, 5) is 38.2. The van der Waals surface area contributed by atoms with Gasteiger partial charge in [-0.25, -0.2) is 9.59 Å². The van der Waals surface area contributed by atoms with E-state index < -0.39 is 16.9 Å². The molecule has 6 heteroatoms. The predicted octanol–water partition coefficient (Wildman–Crippen LogP) is 1.40. The van der Waals surface area contributed by atoms with Crippen LogP contribution in [0.5, 0.6) is 0 Å². The Morgan fingerprint density at radius 3 is 2.76 bits per heavy atom. The molecule has 1 N–H and O–H groups in total. The van der Waals surface area contributed by atoms with Gasteiger partial charge < -0.3 is 4.42 Å². The van der Waals surface area contributed by atoms with E-state index in [0.29, 0.717) is 29.8 Å². The minimum Gasteiger partial charge on any atom is -0.405 e. The quantitative estimate of drug-likeness (QED) is 0.902. The van der Waals surface area contributed by atoms with Crippen molar-refractivity contribution in [3.63, 3.8) is 0 Å². The summed E-state index contributed by atoms with van der Waals surface area (Å²) >= 11 is 0. The van der Waals surface area contributed by atoms with Crippen molar-refractivity contribution in [3.05, 3.63) is 42.9 Å². The highest BCUT2D eigenvalue weighted by Gasteiger charge is 2.24. The average molecular weight is 290 g/mol. The van der Waals surface area contributed by atoms with E-state index in [1.54, 1.807) is 0 Å². The standard InChI is InChI=1S/C15H18N2O4/c1-2-3-4-10-7-11(18)21-14-12(10)13(19)16-15(20)17(14)8-9-5-6-9/h7,9H,2-6,8H2,1H3,(H,16,19,20). The summed E-state index contributed by atoms with van der Waals surface area (Å²) in [6.45, 7) is 2.53. The van der Waals surface area contributed by atoms with Crippen molar-refractivity contribution >= 4 is 11.1 Å². The van der Waals surface area contributed by atoms with Crippen molar-refractivity contribution in [2.75, 3.05) is 0 Å². The fraction of sp³-hybridized carbons (Fsp3) is 0.533. The molecule has 0 spiro atoms. The number of nitrogens with zero attached hydrogens (tertiary/aromatic N) is 1. The second-order valence-electron chi connectivity index (χ2n) is 5.69. The van der Waals surface area contributed by atoms with E-state index in [2.05, 4.69) is 4.98 Å². The van der Waals surface area contributed by atoms with Crippen molar-refractivity contribution in [1.29, 1.82) is 0 Å². The Hall–Kier alpha value is -2.11. The van der Waals surface area contributed by atoms with E-state index >= 15 is 0 Å². The van der Waals surface area contributed by atoms with Crippen LogP contribution in [0.3, 0.4) is 0 Å². The first-order valence-electron chi connectivity index (χ1n) is 7.40. The molecule has 0 saturated heterocycles. The topological polar surface area (TPSA) is 85.1 Å². The summed E-state index contributed by atoms with van der Waals surface area (Å²) < 4.78 is 6.59. The number of hydrogen-bond donors (Lipinski definition) is 1. The van der Waals surface area contributed by atoms with E-state index in [-0.39, 0.29) is 5.71 Å². The Morgan fingerprint density at radius 2 is 2.10 bits per heavy atom. The molecular formula is C15H18N2O4. The second kappa shape index (κ2) is 5.35. The van der Waals surface area contributed by atoms with Crippen LogP contribution in [0.2, 0.25) is 0 Å².